The summed E-state index contributed by atoms with van der Waals surface area (Å²) in [4.78, 5) is 0. The highest BCUT2D eigenvalue weighted by molar-refractivity contribution is 5.82. The zero-order valence-electron chi connectivity index (χ0n) is 19.6. The summed E-state index contributed by atoms with van der Waals surface area (Å²) in [6, 6.07) is 23.1. The highest BCUT2D eigenvalue weighted by Crippen LogP contribution is 2.49. The van der Waals surface area contributed by atoms with E-state index in [1.54, 1.807) is 0 Å². The van der Waals surface area contributed by atoms with Crippen LogP contribution in [0.25, 0.3) is 22.8 Å². The van der Waals surface area contributed by atoms with E-state index in [9.17, 15) is 0 Å². The molecule has 1 heteroatoms. The molecule has 3 aliphatic carbocycles. The summed E-state index contributed by atoms with van der Waals surface area (Å²) in [5.41, 5.74) is 12.4. The Morgan fingerprint density at radius 2 is 1.73 bits per heavy atom. The Kier molecular flexibility index (Phi) is 4.87. The van der Waals surface area contributed by atoms with Gasteiger partial charge in [-0.05, 0) is 88.4 Å². The van der Waals surface area contributed by atoms with Gasteiger partial charge >= 0.3 is 0 Å². The van der Waals surface area contributed by atoms with E-state index < -0.39 is 0 Å². The number of hydrogen-bond acceptors (Lipinski definition) is 1. The second-order valence-electron chi connectivity index (χ2n) is 10.1. The van der Waals surface area contributed by atoms with Crippen LogP contribution in [0.2, 0.25) is 0 Å². The molecule has 164 valence electrons. The van der Waals surface area contributed by atoms with Crippen LogP contribution >= 0.6 is 0 Å². The molecular weight excluding hydrogens is 398 g/mol. The van der Waals surface area contributed by atoms with Crippen LogP contribution in [-0.4, -0.2) is 6.04 Å². The van der Waals surface area contributed by atoms with Crippen LogP contribution in [-0.2, 0) is 11.8 Å². The first kappa shape index (κ1) is 20.3. The fourth-order valence-electron chi connectivity index (χ4n) is 5.75. The second-order valence-corrected chi connectivity index (χ2v) is 10.1. The quantitative estimate of drug-likeness (QED) is 0.443. The Labute approximate surface area is 197 Å². The maximum Gasteiger partial charge on any atom is 0.0450 e. The summed E-state index contributed by atoms with van der Waals surface area (Å²) < 4.78 is 0. The highest BCUT2D eigenvalue weighted by atomic mass is 14.9. The van der Waals surface area contributed by atoms with Gasteiger partial charge in [0.1, 0.15) is 0 Å². The number of rotatable bonds is 3. The molecule has 0 fully saturated rings. The summed E-state index contributed by atoms with van der Waals surface area (Å²) in [6.45, 7) is 4.69. The lowest BCUT2D eigenvalue weighted by atomic mass is 9.82. The van der Waals surface area contributed by atoms with Gasteiger partial charge in [0.25, 0.3) is 0 Å². The molecule has 0 spiro atoms. The van der Waals surface area contributed by atoms with Gasteiger partial charge in [0.2, 0.25) is 0 Å². The SMILES string of the molecule is CC1(C)c2ccccc2-c2ccc(NC3C=CC(c4ccc5c(c4)C=CCC5)=CCC3)cc21. The summed E-state index contributed by atoms with van der Waals surface area (Å²) >= 11 is 0. The van der Waals surface area contributed by atoms with E-state index in [1.807, 2.05) is 0 Å². The average Bonchev–Trinajstić information content (AvgIpc) is 2.98. The molecule has 0 aromatic heterocycles. The predicted molar refractivity (Wildman–Crippen MR) is 142 cm³/mol. The van der Waals surface area contributed by atoms with E-state index in [0.29, 0.717) is 6.04 Å². The molecule has 3 aromatic rings. The van der Waals surface area contributed by atoms with Gasteiger partial charge in [0.05, 0.1) is 0 Å². The van der Waals surface area contributed by atoms with Crippen LogP contribution in [0.3, 0.4) is 0 Å². The molecule has 6 rings (SSSR count). The summed E-state index contributed by atoms with van der Waals surface area (Å²) in [6.07, 6.45) is 16.1. The molecule has 0 aliphatic heterocycles. The summed E-state index contributed by atoms with van der Waals surface area (Å²) in [5.74, 6) is 0. The van der Waals surface area contributed by atoms with Crippen molar-refractivity contribution in [3.8, 4) is 11.1 Å². The summed E-state index contributed by atoms with van der Waals surface area (Å²) in [5, 5.41) is 3.81. The Morgan fingerprint density at radius 1 is 0.848 bits per heavy atom. The molecule has 3 aromatic carbocycles. The van der Waals surface area contributed by atoms with Gasteiger partial charge in [0, 0.05) is 17.1 Å². The van der Waals surface area contributed by atoms with E-state index in [4.69, 9.17) is 0 Å². The van der Waals surface area contributed by atoms with Crippen molar-refractivity contribution < 1.29 is 0 Å². The minimum atomic E-state index is 0.0402. The van der Waals surface area contributed by atoms with Gasteiger partial charge in [-0.2, -0.15) is 0 Å². The van der Waals surface area contributed by atoms with Crippen LogP contribution in [0.4, 0.5) is 5.69 Å². The first-order valence-corrected chi connectivity index (χ1v) is 12.3. The van der Waals surface area contributed by atoms with E-state index in [-0.39, 0.29) is 5.41 Å². The average molecular weight is 430 g/mol. The second kappa shape index (κ2) is 7.92. The predicted octanol–water partition coefficient (Wildman–Crippen LogP) is 8.17. The van der Waals surface area contributed by atoms with Crippen molar-refractivity contribution >= 4 is 17.3 Å². The van der Waals surface area contributed by atoms with Crippen molar-refractivity contribution in [2.45, 2.75) is 51.0 Å². The largest absolute Gasteiger partial charge is 0.379 e. The monoisotopic (exact) mass is 429 g/mol. The van der Waals surface area contributed by atoms with Crippen molar-refractivity contribution in [2.75, 3.05) is 5.32 Å². The lowest BCUT2D eigenvalue weighted by Crippen LogP contribution is -2.18. The van der Waals surface area contributed by atoms with Gasteiger partial charge < -0.3 is 5.32 Å². The smallest absolute Gasteiger partial charge is 0.0450 e. The minimum Gasteiger partial charge on any atom is -0.379 e. The Bertz CT molecular complexity index is 1320. The van der Waals surface area contributed by atoms with Crippen molar-refractivity contribution in [2.24, 2.45) is 0 Å². The molecule has 1 atom stereocenters. The van der Waals surface area contributed by atoms with Crippen LogP contribution in [0.5, 0.6) is 0 Å². The number of fused-ring (bicyclic) bond motifs is 4. The van der Waals surface area contributed by atoms with Crippen molar-refractivity contribution in [1.29, 1.82) is 0 Å². The topological polar surface area (TPSA) is 12.0 Å². The van der Waals surface area contributed by atoms with Gasteiger partial charge in [-0.25, -0.2) is 0 Å². The summed E-state index contributed by atoms with van der Waals surface area (Å²) in [7, 11) is 0. The third kappa shape index (κ3) is 3.56. The van der Waals surface area contributed by atoms with Gasteiger partial charge in [0.15, 0.2) is 0 Å². The molecule has 33 heavy (non-hydrogen) atoms. The zero-order chi connectivity index (χ0) is 22.4. The first-order valence-electron chi connectivity index (χ1n) is 12.3. The number of allylic oxidation sites excluding steroid dienone is 4. The molecule has 0 radical (unpaired) electrons. The van der Waals surface area contributed by atoms with Crippen molar-refractivity contribution in [3.05, 3.63) is 113 Å². The molecule has 1 N–H and O–H groups in total. The molecule has 0 heterocycles. The number of nitrogens with one attached hydrogen (secondary N) is 1. The van der Waals surface area contributed by atoms with E-state index in [0.717, 1.165) is 25.7 Å². The molecule has 0 bridgehead atoms. The molecule has 1 unspecified atom stereocenters. The van der Waals surface area contributed by atoms with Gasteiger partial charge in [-0.3, -0.25) is 0 Å². The normalized spacial score (nSPS) is 19.8. The third-order valence-corrected chi connectivity index (χ3v) is 7.64. The van der Waals surface area contributed by atoms with Crippen LogP contribution < -0.4 is 5.32 Å². The number of aryl methyl sites for hydroxylation is 1. The molecule has 0 saturated heterocycles. The van der Waals surface area contributed by atoms with E-state index in [2.05, 4.69) is 110 Å². The van der Waals surface area contributed by atoms with Gasteiger partial charge in [-0.1, -0.05) is 86.7 Å². The van der Waals surface area contributed by atoms with Crippen LogP contribution in [0.1, 0.15) is 60.9 Å². The molecular formula is C32H31N. The van der Waals surface area contributed by atoms with E-state index >= 15 is 0 Å². The maximum atomic E-state index is 3.81. The molecule has 3 aliphatic rings. The molecule has 0 saturated carbocycles. The lowest BCUT2D eigenvalue weighted by molar-refractivity contribution is 0.660. The fraction of sp³-hybridized carbons (Fsp3) is 0.250. The van der Waals surface area contributed by atoms with Crippen LogP contribution in [0.15, 0.2) is 85.0 Å². The first-order chi connectivity index (χ1) is 16.1. The van der Waals surface area contributed by atoms with Crippen molar-refractivity contribution in [3.63, 3.8) is 0 Å². The number of benzene rings is 3. The van der Waals surface area contributed by atoms with Crippen molar-refractivity contribution in [1.82, 2.24) is 0 Å². The fourth-order valence-corrected chi connectivity index (χ4v) is 5.75. The Hall–Kier alpha value is -3.32. The minimum absolute atomic E-state index is 0.0402. The maximum absolute atomic E-state index is 3.81. The third-order valence-electron chi connectivity index (χ3n) is 7.64. The zero-order valence-corrected chi connectivity index (χ0v) is 19.6. The van der Waals surface area contributed by atoms with Crippen LogP contribution in [0, 0.1) is 0 Å². The standard InChI is InChI=1S/C32H31N/c1-32(2)30-13-6-5-12-28(30)29-19-18-27(21-31(29)32)33-26-11-7-10-23(16-17-26)25-15-14-22-8-3-4-9-24(22)20-25/h4-6,9-10,12-21,26,33H,3,7-8,11H2,1-2H3. The van der Waals surface area contributed by atoms with Gasteiger partial charge in [-0.15, -0.1) is 0 Å². The van der Waals surface area contributed by atoms with E-state index in [1.165, 1.54) is 50.2 Å². The Balaban J connectivity index is 1.22. The number of hydrogen-bond donors (Lipinski definition) is 1. The lowest BCUT2D eigenvalue weighted by Gasteiger charge is -2.23. The molecule has 1 nitrogen and oxygen atoms in total. The Morgan fingerprint density at radius 3 is 2.67 bits per heavy atom. The highest BCUT2D eigenvalue weighted by Gasteiger charge is 2.35. The number of anilines is 1. The molecule has 0 amide bonds.